The molecule has 0 spiro atoms. The Hall–Kier alpha value is -4.32. The number of nitrogens with zero attached hydrogens (tertiary/aromatic N) is 1. The summed E-state index contributed by atoms with van der Waals surface area (Å²) in [6, 6.07) is 16.1. The Morgan fingerprint density at radius 2 is 1.74 bits per heavy atom. The van der Waals surface area contributed by atoms with Crippen molar-refractivity contribution in [3.63, 3.8) is 0 Å². The van der Waals surface area contributed by atoms with Crippen molar-refractivity contribution in [2.75, 3.05) is 13.2 Å². The van der Waals surface area contributed by atoms with Gasteiger partial charge < -0.3 is 20.1 Å². The number of rotatable bonds is 11. The molecule has 3 amide bonds. The van der Waals surface area contributed by atoms with Crippen molar-refractivity contribution >= 4 is 23.9 Å². The van der Waals surface area contributed by atoms with Crippen LogP contribution in [0.4, 0.5) is 4.79 Å². The normalized spacial score (nSPS) is 12.3. The van der Waals surface area contributed by atoms with Crippen LogP contribution in [0, 0.1) is 19.4 Å². The fraction of sp³-hybridized carbons (Fsp3) is 0.400. The van der Waals surface area contributed by atoms with Crippen molar-refractivity contribution in [1.29, 1.82) is 0 Å². The quantitative estimate of drug-likeness (QED) is 0.258. The molecule has 0 saturated carbocycles. The van der Waals surface area contributed by atoms with Crippen LogP contribution in [-0.4, -0.2) is 53.6 Å². The van der Waals surface area contributed by atoms with Gasteiger partial charge in [0.2, 0.25) is 5.91 Å². The van der Waals surface area contributed by atoms with Crippen LogP contribution in [0.1, 0.15) is 56.8 Å². The predicted molar refractivity (Wildman–Crippen MR) is 147 cm³/mol. The average Bonchev–Trinajstić information content (AvgIpc) is 2.86. The summed E-state index contributed by atoms with van der Waals surface area (Å²) in [5, 5.41) is 5.30. The minimum Gasteiger partial charge on any atom is -0.466 e. The molecular weight excluding hydrogens is 498 g/mol. The fourth-order valence-corrected chi connectivity index (χ4v) is 3.81. The van der Waals surface area contributed by atoms with Gasteiger partial charge in [0.1, 0.15) is 17.7 Å². The number of hydrogen-bond donors (Lipinski definition) is 2. The molecule has 2 rings (SSSR count). The molecule has 2 unspecified atom stereocenters. The minimum absolute atomic E-state index is 0.00378. The second kappa shape index (κ2) is 14.6. The van der Waals surface area contributed by atoms with Crippen LogP contribution in [0.2, 0.25) is 0 Å². The molecule has 2 aromatic rings. The largest absolute Gasteiger partial charge is 0.466 e. The van der Waals surface area contributed by atoms with Gasteiger partial charge in [0.15, 0.2) is 0 Å². The van der Waals surface area contributed by atoms with E-state index in [0.29, 0.717) is 5.56 Å². The predicted octanol–water partition coefficient (Wildman–Crippen LogP) is 3.66. The van der Waals surface area contributed by atoms with Gasteiger partial charge >= 0.3 is 12.1 Å². The molecule has 0 radical (unpaired) electrons. The standard InChI is InChI=1S/C30H37N3O6/c1-7-33(26(23-16-12-13-21(3)19-23)27(35)31-18-17-25(34)38-8-2)28(36)24(20-22-14-10-9-11-15-22)32-29(37)39-30(4,5)6/h1,9-16,19,24,26H,8,17-18,20H2,2-6H3,(H,31,35)(H,32,37). The number of hydrogen-bond acceptors (Lipinski definition) is 6. The summed E-state index contributed by atoms with van der Waals surface area (Å²) < 4.78 is 10.3. The first-order chi connectivity index (χ1) is 18.4. The Balaban J connectivity index is 2.41. The number of terminal acetylenes is 1. The zero-order chi connectivity index (χ0) is 29.0. The van der Waals surface area contributed by atoms with Crippen LogP contribution >= 0.6 is 0 Å². The van der Waals surface area contributed by atoms with E-state index < -0.39 is 41.6 Å². The van der Waals surface area contributed by atoms with Gasteiger partial charge in [-0.15, -0.1) is 0 Å². The number of alkyl carbamates (subject to hydrolysis) is 1. The zero-order valence-corrected chi connectivity index (χ0v) is 23.2. The Bertz CT molecular complexity index is 1180. The summed E-state index contributed by atoms with van der Waals surface area (Å²) in [5.41, 5.74) is 1.31. The van der Waals surface area contributed by atoms with Gasteiger partial charge in [0.05, 0.1) is 13.0 Å². The lowest BCUT2D eigenvalue weighted by Gasteiger charge is -2.30. The van der Waals surface area contributed by atoms with Crippen LogP contribution in [0.3, 0.4) is 0 Å². The first-order valence-electron chi connectivity index (χ1n) is 12.8. The molecule has 208 valence electrons. The smallest absolute Gasteiger partial charge is 0.408 e. The highest BCUT2D eigenvalue weighted by Gasteiger charge is 2.36. The third-order valence-corrected chi connectivity index (χ3v) is 5.45. The third kappa shape index (κ3) is 10.2. The van der Waals surface area contributed by atoms with Crippen molar-refractivity contribution in [2.24, 2.45) is 0 Å². The summed E-state index contributed by atoms with van der Waals surface area (Å²) in [5.74, 6) is -1.70. The number of ether oxygens (including phenoxy) is 2. The van der Waals surface area contributed by atoms with Crippen LogP contribution in [-0.2, 0) is 30.3 Å². The SMILES string of the molecule is C#CN(C(=O)C(Cc1ccccc1)NC(=O)OC(C)(C)C)C(C(=O)NCCC(=O)OCC)c1cccc(C)c1. The highest BCUT2D eigenvalue weighted by molar-refractivity contribution is 5.93. The lowest BCUT2D eigenvalue weighted by atomic mass is 9.99. The van der Waals surface area contributed by atoms with Crippen molar-refractivity contribution < 1.29 is 28.7 Å². The van der Waals surface area contributed by atoms with Crippen LogP contribution in [0.15, 0.2) is 54.6 Å². The van der Waals surface area contributed by atoms with E-state index >= 15 is 0 Å². The number of benzene rings is 2. The fourth-order valence-electron chi connectivity index (χ4n) is 3.81. The molecule has 0 aliphatic rings. The molecule has 0 bridgehead atoms. The minimum atomic E-state index is -1.22. The second-order valence-electron chi connectivity index (χ2n) is 9.89. The lowest BCUT2D eigenvalue weighted by molar-refractivity contribution is -0.143. The van der Waals surface area contributed by atoms with Gasteiger partial charge in [0.25, 0.3) is 5.91 Å². The van der Waals surface area contributed by atoms with Crippen LogP contribution in [0.25, 0.3) is 0 Å². The molecule has 2 atom stereocenters. The summed E-state index contributed by atoms with van der Waals surface area (Å²) in [6.45, 7) is 8.90. The summed E-state index contributed by atoms with van der Waals surface area (Å²) in [7, 11) is 0. The van der Waals surface area contributed by atoms with Gasteiger partial charge in [-0.1, -0.05) is 66.6 Å². The molecule has 0 fully saturated rings. The van der Waals surface area contributed by atoms with Crippen LogP contribution < -0.4 is 10.6 Å². The van der Waals surface area contributed by atoms with Gasteiger partial charge in [-0.05, 0) is 45.7 Å². The molecule has 0 aliphatic heterocycles. The van der Waals surface area contributed by atoms with E-state index in [1.807, 2.05) is 43.3 Å². The van der Waals surface area contributed by atoms with Crippen molar-refractivity contribution in [3.8, 4) is 12.5 Å². The average molecular weight is 536 g/mol. The Morgan fingerprint density at radius 1 is 1.05 bits per heavy atom. The number of aryl methyl sites for hydroxylation is 1. The Labute approximate surface area is 230 Å². The van der Waals surface area contributed by atoms with E-state index in [0.717, 1.165) is 16.0 Å². The van der Waals surface area contributed by atoms with Crippen molar-refractivity contribution in [1.82, 2.24) is 15.5 Å². The number of nitrogens with one attached hydrogen (secondary N) is 2. The third-order valence-electron chi connectivity index (χ3n) is 5.45. The van der Waals surface area contributed by atoms with Gasteiger partial charge in [0, 0.05) is 19.0 Å². The molecule has 0 aliphatic carbocycles. The van der Waals surface area contributed by atoms with Crippen LogP contribution in [0.5, 0.6) is 0 Å². The number of amides is 3. The molecule has 2 N–H and O–H groups in total. The number of esters is 1. The van der Waals surface area contributed by atoms with Gasteiger partial charge in [-0.25, -0.2) is 4.79 Å². The molecule has 0 heterocycles. The van der Waals surface area contributed by atoms with E-state index in [2.05, 4.69) is 16.7 Å². The molecular formula is C30H37N3O6. The lowest BCUT2D eigenvalue weighted by Crippen LogP contribution is -2.52. The monoisotopic (exact) mass is 535 g/mol. The highest BCUT2D eigenvalue weighted by atomic mass is 16.6. The maximum absolute atomic E-state index is 13.9. The molecule has 9 nitrogen and oxygen atoms in total. The maximum atomic E-state index is 13.9. The molecule has 0 aromatic heterocycles. The molecule has 2 aromatic carbocycles. The number of carbonyl (C=O) groups is 4. The topological polar surface area (TPSA) is 114 Å². The summed E-state index contributed by atoms with van der Waals surface area (Å²) in [4.78, 5) is 52.7. The summed E-state index contributed by atoms with van der Waals surface area (Å²) in [6.07, 6.45) is 5.11. The van der Waals surface area contributed by atoms with E-state index in [9.17, 15) is 19.2 Å². The second-order valence-corrected chi connectivity index (χ2v) is 9.89. The van der Waals surface area contributed by atoms with E-state index in [1.54, 1.807) is 45.9 Å². The maximum Gasteiger partial charge on any atom is 0.408 e. The first-order valence-corrected chi connectivity index (χ1v) is 12.8. The van der Waals surface area contributed by atoms with Crippen molar-refractivity contribution in [2.45, 2.75) is 65.1 Å². The zero-order valence-electron chi connectivity index (χ0n) is 23.2. The van der Waals surface area contributed by atoms with Gasteiger partial charge in [-0.3, -0.25) is 19.3 Å². The highest BCUT2D eigenvalue weighted by Crippen LogP contribution is 2.24. The van der Waals surface area contributed by atoms with Crippen molar-refractivity contribution in [3.05, 3.63) is 71.3 Å². The molecule has 0 saturated heterocycles. The Morgan fingerprint density at radius 3 is 2.33 bits per heavy atom. The summed E-state index contributed by atoms with van der Waals surface area (Å²) >= 11 is 0. The van der Waals surface area contributed by atoms with Gasteiger partial charge in [-0.2, -0.15) is 0 Å². The molecule has 9 heteroatoms. The van der Waals surface area contributed by atoms with E-state index in [1.165, 1.54) is 0 Å². The molecule has 39 heavy (non-hydrogen) atoms. The number of carbonyl (C=O) groups excluding carboxylic acids is 4. The first kappa shape index (κ1) is 30.9. The van der Waals surface area contributed by atoms with E-state index in [4.69, 9.17) is 15.9 Å². The Kier molecular flexibility index (Phi) is 11.5. The van der Waals surface area contributed by atoms with E-state index in [-0.39, 0.29) is 26.0 Å².